The van der Waals surface area contributed by atoms with Gasteiger partial charge in [0.2, 0.25) is 5.90 Å². The molecule has 5 rings (SSSR count). The number of benzene rings is 4. The van der Waals surface area contributed by atoms with Crippen molar-refractivity contribution in [3.8, 4) is 5.75 Å². The van der Waals surface area contributed by atoms with Gasteiger partial charge in [0.05, 0.1) is 6.61 Å². The van der Waals surface area contributed by atoms with Crippen LogP contribution in [0.4, 0.5) is 0 Å². The first kappa shape index (κ1) is 30.5. The van der Waals surface area contributed by atoms with Crippen molar-refractivity contribution in [2.45, 2.75) is 37.8 Å². The van der Waals surface area contributed by atoms with Gasteiger partial charge in [-0.05, 0) is 66.4 Å². The summed E-state index contributed by atoms with van der Waals surface area (Å²) < 4.78 is 13.2. The van der Waals surface area contributed by atoms with E-state index in [1.54, 1.807) is 0 Å². The number of aliphatic hydroxyl groups is 1. The van der Waals surface area contributed by atoms with Gasteiger partial charge < -0.3 is 14.6 Å². The molecule has 1 amide bonds. The monoisotopic (exact) mass is 641 g/mol. The molecule has 222 valence electrons. The molecule has 0 aliphatic carbocycles. The molecule has 7 nitrogen and oxygen atoms in total. The highest BCUT2D eigenvalue weighted by Gasteiger charge is 2.53. The number of ether oxygens (including phenoxy) is 2. The van der Waals surface area contributed by atoms with Crippen LogP contribution in [0, 0.1) is 6.92 Å². The number of rotatable bonds is 13. The molecule has 0 aromatic heterocycles. The van der Waals surface area contributed by atoms with Crippen molar-refractivity contribution in [3.63, 3.8) is 0 Å². The van der Waals surface area contributed by atoms with E-state index < -0.39 is 11.6 Å². The maximum Gasteiger partial charge on any atom is 0.266 e. The number of amides is 1. The second kappa shape index (κ2) is 14.5. The van der Waals surface area contributed by atoms with Crippen molar-refractivity contribution in [2.24, 2.45) is 4.99 Å². The molecule has 0 saturated carbocycles. The van der Waals surface area contributed by atoms with Crippen molar-refractivity contribution in [3.05, 3.63) is 135 Å². The molecule has 43 heavy (non-hydrogen) atoms. The van der Waals surface area contributed by atoms with Crippen molar-refractivity contribution >= 4 is 27.7 Å². The van der Waals surface area contributed by atoms with Crippen molar-refractivity contribution in [2.75, 3.05) is 19.8 Å². The summed E-state index contributed by atoms with van der Waals surface area (Å²) >= 11 is 3.52. The molecule has 0 radical (unpaired) electrons. The van der Waals surface area contributed by atoms with Gasteiger partial charge in [0.15, 0.2) is 11.6 Å². The first-order valence-corrected chi connectivity index (χ1v) is 15.2. The van der Waals surface area contributed by atoms with Crippen LogP contribution in [-0.2, 0) is 22.4 Å². The van der Waals surface area contributed by atoms with Crippen molar-refractivity contribution in [1.82, 2.24) is 10.9 Å². The number of hydrazine groups is 1. The largest absolute Gasteiger partial charge is 0.494 e. The third-order valence-electron chi connectivity index (χ3n) is 7.38. The minimum Gasteiger partial charge on any atom is -0.494 e. The summed E-state index contributed by atoms with van der Waals surface area (Å²) in [6.07, 6.45) is 0.990. The van der Waals surface area contributed by atoms with Crippen LogP contribution >= 0.6 is 15.9 Å². The Labute approximate surface area is 261 Å². The summed E-state index contributed by atoms with van der Waals surface area (Å²) in [5.74, 6) is 0.805. The summed E-state index contributed by atoms with van der Waals surface area (Å²) in [6, 6.07) is 33.5. The van der Waals surface area contributed by atoms with Crippen molar-refractivity contribution < 1.29 is 19.4 Å². The van der Waals surface area contributed by atoms with Crippen LogP contribution in [0.25, 0.3) is 0 Å². The maximum atomic E-state index is 14.2. The van der Waals surface area contributed by atoms with Crippen LogP contribution in [-0.4, -0.2) is 42.2 Å². The Balaban J connectivity index is 1.45. The number of aliphatic imine (C=N–C) groups is 1. The lowest BCUT2D eigenvalue weighted by Crippen LogP contribution is -2.54. The summed E-state index contributed by atoms with van der Waals surface area (Å²) in [4.78, 5) is 19.3. The summed E-state index contributed by atoms with van der Waals surface area (Å²) in [7, 11) is 0. The van der Waals surface area contributed by atoms with Gasteiger partial charge in [-0.15, -0.1) is 0 Å². The molecular formula is C35H36BrN3O4. The zero-order valence-electron chi connectivity index (χ0n) is 24.1. The van der Waals surface area contributed by atoms with Crippen LogP contribution in [0.1, 0.15) is 40.3 Å². The van der Waals surface area contributed by atoms with Gasteiger partial charge in [-0.25, -0.2) is 10.4 Å². The highest BCUT2D eigenvalue weighted by atomic mass is 79.9. The fourth-order valence-corrected chi connectivity index (χ4v) is 5.30. The lowest BCUT2D eigenvalue weighted by Gasteiger charge is -2.31. The maximum absolute atomic E-state index is 14.2. The zero-order valence-corrected chi connectivity index (χ0v) is 25.7. The molecule has 3 N–H and O–H groups in total. The number of nitrogens with one attached hydrogen (secondary N) is 2. The standard InChI is InChI=1S/C35H36BrN3O4/c1-25-8-10-26(11-9-25)20-21-37-39-34(41)35(24-27-6-3-2-4-7-27)32(28-12-16-30(36)17-13-28)43-33(38-35)29-14-18-31(19-15-29)42-23-5-22-40/h2-4,6-19,32,37,40H,5,20-24H2,1H3,(H,39,41)/t32-,35-/m0/s1. The zero-order chi connectivity index (χ0) is 30.1. The van der Waals surface area contributed by atoms with E-state index in [1.165, 1.54) is 11.1 Å². The third-order valence-corrected chi connectivity index (χ3v) is 7.91. The van der Waals surface area contributed by atoms with Gasteiger partial charge in [0.25, 0.3) is 5.91 Å². The Kier molecular flexibility index (Phi) is 10.3. The number of hydrogen-bond acceptors (Lipinski definition) is 6. The SMILES string of the molecule is Cc1ccc(CCNNC(=O)[C@@]2(Cc3ccccc3)N=C(c3ccc(OCCCO)cc3)O[C@H]2c2ccc(Br)cc2)cc1. The van der Waals surface area contributed by atoms with E-state index in [0.29, 0.717) is 37.6 Å². The molecule has 2 atom stereocenters. The number of nitrogens with zero attached hydrogens (tertiary/aromatic N) is 1. The minimum atomic E-state index is -1.28. The molecule has 0 bridgehead atoms. The molecule has 0 spiro atoms. The number of aryl methyl sites for hydroxylation is 1. The first-order valence-electron chi connectivity index (χ1n) is 14.5. The number of aliphatic hydroxyl groups excluding tert-OH is 1. The van der Waals surface area contributed by atoms with E-state index in [4.69, 9.17) is 19.6 Å². The quantitative estimate of drug-likeness (QED) is 0.125. The molecule has 1 heterocycles. The third kappa shape index (κ3) is 7.70. The topological polar surface area (TPSA) is 92.2 Å². The molecule has 4 aromatic rings. The minimum absolute atomic E-state index is 0.0759. The Morgan fingerprint density at radius 3 is 2.37 bits per heavy atom. The lowest BCUT2D eigenvalue weighted by atomic mass is 9.82. The van der Waals surface area contributed by atoms with Gasteiger partial charge in [-0.3, -0.25) is 10.2 Å². The van der Waals surface area contributed by atoms with E-state index in [-0.39, 0.29) is 12.5 Å². The van der Waals surface area contributed by atoms with E-state index in [1.807, 2.05) is 78.9 Å². The smallest absolute Gasteiger partial charge is 0.266 e. The molecule has 8 heteroatoms. The Morgan fingerprint density at radius 2 is 1.67 bits per heavy atom. The van der Waals surface area contributed by atoms with Gasteiger partial charge in [-0.1, -0.05) is 88.2 Å². The van der Waals surface area contributed by atoms with Crippen LogP contribution in [0.15, 0.2) is 113 Å². The average molecular weight is 643 g/mol. The van der Waals surface area contributed by atoms with Gasteiger partial charge in [-0.2, -0.15) is 0 Å². The number of carbonyl (C=O) groups is 1. The lowest BCUT2D eigenvalue weighted by molar-refractivity contribution is -0.130. The predicted octanol–water partition coefficient (Wildman–Crippen LogP) is 5.88. The van der Waals surface area contributed by atoms with Crippen LogP contribution < -0.4 is 15.6 Å². The summed E-state index contributed by atoms with van der Waals surface area (Å²) in [5, 5.41) is 9.04. The van der Waals surface area contributed by atoms with E-state index in [0.717, 1.165) is 27.6 Å². The first-order chi connectivity index (χ1) is 21.0. The van der Waals surface area contributed by atoms with Crippen LogP contribution in [0.5, 0.6) is 5.75 Å². The highest BCUT2D eigenvalue weighted by molar-refractivity contribution is 9.10. The molecular weight excluding hydrogens is 606 g/mol. The highest BCUT2D eigenvalue weighted by Crippen LogP contribution is 2.42. The Morgan fingerprint density at radius 1 is 0.953 bits per heavy atom. The predicted molar refractivity (Wildman–Crippen MR) is 172 cm³/mol. The van der Waals surface area contributed by atoms with E-state index >= 15 is 0 Å². The fourth-order valence-electron chi connectivity index (χ4n) is 5.04. The molecule has 4 aromatic carbocycles. The summed E-state index contributed by atoms with van der Waals surface area (Å²) in [5.41, 5.74) is 9.78. The van der Waals surface area contributed by atoms with Gasteiger partial charge >= 0.3 is 0 Å². The normalized spacial score (nSPS) is 17.7. The van der Waals surface area contributed by atoms with Gasteiger partial charge in [0.1, 0.15) is 5.75 Å². The summed E-state index contributed by atoms with van der Waals surface area (Å²) in [6.45, 7) is 3.13. The van der Waals surface area contributed by atoms with Crippen LogP contribution in [0.3, 0.4) is 0 Å². The molecule has 0 saturated heterocycles. The van der Waals surface area contributed by atoms with Crippen molar-refractivity contribution in [1.29, 1.82) is 0 Å². The van der Waals surface area contributed by atoms with E-state index in [2.05, 4.69) is 58.0 Å². The average Bonchev–Trinajstić information content (AvgIpc) is 3.41. The molecule has 1 aliphatic rings. The number of carbonyl (C=O) groups excluding carboxylic acids is 1. The molecule has 1 aliphatic heterocycles. The number of halogens is 1. The fraction of sp³-hybridized carbons (Fsp3) is 0.257. The number of hydrogen-bond donors (Lipinski definition) is 3. The van der Waals surface area contributed by atoms with Crippen LogP contribution in [0.2, 0.25) is 0 Å². The van der Waals surface area contributed by atoms with Gasteiger partial charge in [0, 0.05) is 36.0 Å². The Hall–Kier alpha value is -3.98. The Bertz CT molecular complexity index is 1510. The molecule has 0 unspecified atom stereocenters. The second-order valence-corrected chi connectivity index (χ2v) is 11.5. The molecule has 0 fully saturated rings. The van der Waals surface area contributed by atoms with E-state index in [9.17, 15) is 4.79 Å². The second-order valence-electron chi connectivity index (χ2n) is 10.6.